The second-order valence-corrected chi connectivity index (χ2v) is 6.40. The summed E-state index contributed by atoms with van der Waals surface area (Å²) in [4.78, 5) is 10.6. The Hall–Kier alpha value is -1.00. The lowest BCUT2D eigenvalue weighted by Crippen LogP contribution is -2.31. The van der Waals surface area contributed by atoms with Crippen LogP contribution in [-0.4, -0.2) is 40.3 Å². The Bertz CT molecular complexity index is 543. The number of rotatable bonds is 4. The average molecular weight is 275 g/mol. The normalized spacial score (nSPS) is 17.1. The summed E-state index contributed by atoms with van der Waals surface area (Å²) >= 11 is 1.84. The number of hydrogen-bond acceptors (Lipinski definition) is 3. The lowest BCUT2D eigenvalue weighted by atomic mass is 10.1. The van der Waals surface area contributed by atoms with Crippen molar-refractivity contribution in [2.75, 3.05) is 25.4 Å². The monoisotopic (exact) mass is 275 g/mol. The third kappa shape index (κ3) is 3.31. The molecule has 0 aliphatic carbocycles. The molecule has 4 heteroatoms. The van der Waals surface area contributed by atoms with Crippen LogP contribution in [0, 0.1) is 6.92 Å². The number of H-pyrrole nitrogens is 1. The number of aromatic nitrogens is 2. The van der Waals surface area contributed by atoms with Gasteiger partial charge in [0, 0.05) is 12.3 Å². The molecule has 0 bridgehead atoms. The summed E-state index contributed by atoms with van der Waals surface area (Å²) in [5.41, 5.74) is 3.51. The maximum Gasteiger partial charge on any atom is 0.166 e. The molecule has 1 aromatic heterocycles. The van der Waals surface area contributed by atoms with Gasteiger partial charge in [-0.1, -0.05) is 24.2 Å². The lowest BCUT2D eigenvalue weighted by molar-refractivity contribution is 0.242. The molecule has 0 saturated carbocycles. The van der Waals surface area contributed by atoms with Crippen LogP contribution in [0.25, 0.3) is 11.0 Å². The molecule has 2 aromatic rings. The third-order valence-electron chi connectivity index (χ3n) is 3.71. The van der Waals surface area contributed by atoms with Crippen LogP contribution in [-0.2, 0) is 0 Å². The highest BCUT2D eigenvalue weighted by molar-refractivity contribution is 7.99. The van der Waals surface area contributed by atoms with Gasteiger partial charge in [-0.2, -0.15) is 0 Å². The Morgan fingerprint density at radius 1 is 1.26 bits per heavy atom. The van der Waals surface area contributed by atoms with E-state index in [4.69, 9.17) is 0 Å². The predicted molar refractivity (Wildman–Crippen MR) is 81.8 cm³/mol. The molecule has 1 aliphatic heterocycles. The first-order chi connectivity index (χ1) is 9.31. The number of piperidine rings is 1. The minimum atomic E-state index is 1.05. The first kappa shape index (κ1) is 13.0. The average Bonchev–Trinajstić information content (AvgIpc) is 2.82. The van der Waals surface area contributed by atoms with Gasteiger partial charge in [0.25, 0.3) is 0 Å². The number of hydrogen-bond donors (Lipinski definition) is 1. The van der Waals surface area contributed by atoms with E-state index in [1.54, 1.807) is 0 Å². The number of aromatic amines is 1. The van der Waals surface area contributed by atoms with Crippen molar-refractivity contribution >= 4 is 22.8 Å². The molecule has 3 rings (SSSR count). The number of aryl methyl sites for hydroxylation is 1. The van der Waals surface area contributed by atoms with Crippen LogP contribution in [0.4, 0.5) is 0 Å². The molecule has 19 heavy (non-hydrogen) atoms. The number of likely N-dealkylation sites (tertiary alicyclic amines) is 1. The van der Waals surface area contributed by atoms with Crippen molar-refractivity contribution in [2.24, 2.45) is 0 Å². The van der Waals surface area contributed by atoms with Crippen molar-refractivity contribution in [2.45, 2.75) is 31.3 Å². The van der Waals surface area contributed by atoms with Crippen molar-refractivity contribution in [3.05, 3.63) is 23.8 Å². The summed E-state index contributed by atoms with van der Waals surface area (Å²) in [7, 11) is 0. The summed E-state index contributed by atoms with van der Waals surface area (Å²) < 4.78 is 0. The molecule has 1 N–H and O–H groups in total. The topological polar surface area (TPSA) is 31.9 Å². The highest BCUT2D eigenvalue weighted by Gasteiger charge is 2.10. The van der Waals surface area contributed by atoms with Gasteiger partial charge in [-0.3, -0.25) is 0 Å². The maximum absolute atomic E-state index is 4.63. The third-order valence-corrected chi connectivity index (χ3v) is 4.56. The molecule has 3 nitrogen and oxygen atoms in total. The molecule has 1 saturated heterocycles. The molecular weight excluding hydrogens is 254 g/mol. The first-order valence-corrected chi connectivity index (χ1v) is 8.11. The van der Waals surface area contributed by atoms with Gasteiger partial charge in [0.15, 0.2) is 5.16 Å². The van der Waals surface area contributed by atoms with Crippen LogP contribution in [0.2, 0.25) is 0 Å². The van der Waals surface area contributed by atoms with E-state index in [-0.39, 0.29) is 0 Å². The Morgan fingerprint density at radius 3 is 2.95 bits per heavy atom. The van der Waals surface area contributed by atoms with Crippen molar-refractivity contribution in [3.63, 3.8) is 0 Å². The maximum atomic E-state index is 4.63. The molecule has 2 heterocycles. The van der Waals surface area contributed by atoms with Gasteiger partial charge in [0.2, 0.25) is 0 Å². The quantitative estimate of drug-likeness (QED) is 0.867. The van der Waals surface area contributed by atoms with Crippen molar-refractivity contribution in [1.29, 1.82) is 0 Å². The summed E-state index contributed by atoms with van der Waals surface area (Å²) in [6.45, 7) is 5.85. The van der Waals surface area contributed by atoms with Crippen molar-refractivity contribution in [1.82, 2.24) is 14.9 Å². The smallest absolute Gasteiger partial charge is 0.166 e. The first-order valence-electron chi connectivity index (χ1n) is 7.13. The van der Waals surface area contributed by atoms with Crippen LogP contribution >= 0.6 is 11.8 Å². The minimum absolute atomic E-state index is 1.05. The van der Waals surface area contributed by atoms with Gasteiger partial charge in [-0.15, -0.1) is 0 Å². The second-order valence-electron chi connectivity index (χ2n) is 5.31. The Balaban J connectivity index is 1.56. The van der Waals surface area contributed by atoms with Crippen molar-refractivity contribution in [3.8, 4) is 0 Å². The van der Waals surface area contributed by atoms with Crippen LogP contribution in [0.5, 0.6) is 0 Å². The van der Waals surface area contributed by atoms with E-state index in [2.05, 4.69) is 40.0 Å². The fraction of sp³-hybridized carbons (Fsp3) is 0.533. The number of fused-ring (bicyclic) bond motifs is 1. The van der Waals surface area contributed by atoms with Crippen molar-refractivity contribution < 1.29 is 0 Å². The van der Waals surface area contributed by atoms with E-state index in [1.807, 2.05) is 11.8 Å². The number of thioether (sulfide) groups is 1. The highest BCUT2D eigenvalue weighted by atomic mass is 32.2. The number of nitrogens with one attached hydrogen (secondary N) is 1. The zero-order valence-electron chi connectivity index (χ0n) is 11.5. The van der Waals surface area contributed by atoms with Crippen LogP contribution in [0.15, 0.2) is 23.4 Å². The van der Waals surface area contributed by atoms with E-state index in [9.17, 15) is 0 Å². The van der Waals surface area contributed by atoms with E-state index < -0.39 is 0 Å². The Kier molecular flexibility index (Phi) is 4.09. The minimum Gasteiger partial charge on any atom is -0.333 e. The SMILES string of the molecule is Cc1ccc2nc(SCCN3CCCCC3)[nH]c2c1. The zero-order valence-corrected chi connectivity index (χ0v) is 12.3. The lowest BCUT2D eigenvalue weighted by Gasteiger charge is -2.25. The fourth-order valence-electron chi connectivity index (χ4n) is 2.62. The molecule has 0 radical (unpaired) electrons. The standard InChI is InChI=1S/C15H21N3S/c1-12-5-6-13-14(11-12)17-15(16-13)19-10-9-18-7-3-2-4-8-18/h5-6,11H,2-4,7-10H2,1H3,(H,16,17). The summed E-state index contributed by atoms with van der Waals surface area (Å²) in [5, 5.41) is 1.05. The Labute approximate surface area is 118 Å². The van der Waals surface area contributed by atoms with E-state index in [1.165, 1.54) is 44.5 Å². The van der Waals surface area contributed by atoms with Crippen LogP contribution in [0.1, 0.15) is 24.8 Å². The van der Waals surface area contributed by atoms with Gasteiger partial charge < -0.3 is 9.88 Å². The molecule has 1 aromatic carbocycles. The van der Waals surface area contributed by atoms with Gasteiger partial charge in [0.05, 0.1) is 11.0 Å². The predicted octanol–water partition coefficient (Wildman–Crippen LogP) is 3.45. The fourth-order valence-corrected chi connectivity index (χ4v) is 3.51. The molecule has 0 amide bonds. The molecule has 0 spiro atoms. The highest BCUT2D eigenvalue weighted by Crippen LogP contribution is 2.20. The molecule has 0 atom stereocenters. The zero-order chi connectivity index (χ0) is 13.1. The molecule has 1 fully saturated rings. The van der Waals surface area contributed by atoms with Gasteiger partial charge >= 0.3 is 0 Å². The summed E-state index contributed by atoms with van der Waals surface area (Å²) in [6.07, 6.45) is 4.15. The van der Waals surface area contributed by atoms with Gasteiger partial charge in [-0.05, 0) is 50.6 Å². The van der Waals surface area contributed by atoms with E-state index >= 15 is 0 Å². The largest absolute Gasteiger partial charge is 0.333 e. The summed E-state index contributed by atoms with van der Waals surface area (Å²) in [5.74, 6) is 1.12. The Morgan fingerprint density at radius 2 is 2.11 bits per heavy atom. The van der Waals surface area contributed by atoms with Crippen LogP contribution in [0.3, 0.4) is 0 Å². The number of nitrogens with zero attached hydrogens (tertiary/aromatic N) is 2. The molecule has 102 valence electrons. The molecule has 0 unspecified atom stereocenters. The number of benzene rings is 1. The van der Waals surface area contributed by atoms with Gasteiger partial charge in [-0.25, -0.2) is 4.98 Å². The van der Waals surface area contributed by atoms with E-state index in [0.29, 0.717) is 0 Å². The van der Waals surface area contributed by atoms with Crippen LogP contribution < -0.4 is 0 Å². The van der Waals surface area contributed by atoms with E-state index in [0.717, 1.165) is 21.9 Å². The second kappa shape index (κ2) is 5.97. The molecular formula is C15H21N3S. The number of imidazole rings is 1. The summed E-state index contributed by atoms with van der Waals surface area (Å²) in [6, 6.07) is 6.37. The van der Waals surface area contributed by atoms with Gasteiger partial charge in [0.1, 0.15) is 0 Å². The molecule has 1 aliphatic rings.